The molecule has 1 fully saturated rings. The monoisotopic (exact) mass is 561 g/mol. The van der Waals surface area contributed by atoms with Gasteiger partial charge < -0.3 is 16.0 Å². The number of nitrogens with zero attached hydrogens (tertiary/aromatic N) is 5. The van der Waals surface area contributed by atoms with E-state index >= 15 is 8.78 Å². The first-order valence-corrected chi connectivity index (χ1v) is 12.6. The zero-order valence-electron chi connectivity index (χ0n) is 21.2. The molecule has 0 aliphatic carbocycles. The number of nitrogens with two attached hydrogens (primary N) is 1. The van der Waals surface area contributed by atoms with Crippen LogP contribution < -0.4 is 21.6 Å². The van der Waals surface area contributed by atoms with E-state index in [-0.39, 0.29) is 22.8 Å². The first-order valence-electron chi connectivity index (χ1n) is 12.2. The van der Waals surface area contributed by atoms with Gasteiger partial charge in [0, 0.05) is 32.4 Å². The smallest absolute Gasteiger partial charge is 0.355 e. The number of hydrogen-bond acceptors (Lipinski definition) is 7. The molecule has 0 atom stereocenters. The number of fused-ring (bicyclic) bond motifs is 1. The van der Waals surface area contributed by atoms with Gasteiger partial charge in [0.15, 0.2) is 28.9 Å². The van der Waals surface area contributed by atoms with E-state index in [0.717, 1.165) is 6.07 Å². The molecule has 0 unspecified atom stereocenters. The number of anilines is 2. The summed E-state index contributed by atoms with van der Waals surface area (Å²) >= 11 is 5.65. The van der Waals surface area contributed by atoms with E-state index in [2.05, 4.69) is 20.3 Å². The minimum atomic E-state index is -1.70. The van der Waals surface area contributed by atoms with E-state index < -0.39 is 50.9 Å². The second kappa shape index (κ2) is 10.1. The van der Waals surface area contributed by atoms with Crippen molar-refractivity contribution in [3.63, 3.8) is 0 Å². The Morgan fingerprint density at radius 3 is 2.44 bits per heavy atom. The van der Waals surface area contributed by atoms with E-state index in [1.54, 1.807) is 19.2 Å². The van der Waals surface area contributed by atoms with E-state index in [1.165, 1.54) is 4.57 Å². The highest BCUT2D eigenvalue weighted by molar-refractivity contribution is 6.31. The standard InChI is InChI=1S/C26H24ClF4N7O/c1-11(2)21-23(12(3)4-5-34-21)38-25-13(24(36-26(38)39)37-8-6-33-7-9-37)10-14(28)22(35-25)15-17(29)16(27)18(30)19(31)20(15)32/h4-5,10-11,33H,6-9,32H2,1-3H3. The first kappa shape index (κ1) is 26.8. The summed E-state index contributed by atoms with van der Waals surface area (Å²) in [5, 5.41) is 2.15. The lowest BCUT2D eigenvalue weighted by molar-refractivity contribution is 0.499. The molecular formula is C26H24ClF4N7O. The van der Waals surface area contributed by atoms with Gasteiger partial charge in [-0.3, -0.25) is 4.98 Å². The maximum atomic E-state index is 15.7. The second-order valence-electron chi connectivity index (χ2n) is 9.54. The lowest BCUT2D eigenvalue weighted by atomic mass is 10.0. The Kier molecular flexibility index (Phi) is 6.93. The van der Waals surface area contributed by atoms with Crippen LogP contribution in [0.3, 0.4) is 0 Å². The molecule has 1 aliphatic heterocycles. The van der Waals surface area contributed by atoms with Crippen molar-refractivity contribution in [1.29, 1.82) is 0 Å². The lowest BCUT2D eigenvalue weighted by Crippen LogP contribution is -2.45. The van der Waals surface area contributed by atoms with E-state index in [1.807, 2.05) is 18.7 Å². The van der Waals surface area contributed by atoms with Crippen molar-refractivity contribution in [1.82, 2.24) is 24.8 Å². The van der Waals surface area contributed by atoms with Gasteiger partial charge in [0.25, 0.3) is 0 Å². The average molecular weight is 562 g/mol. The van der Waals surface area contributed by atoms with Crippen LogP contribution in [-0.2, 0) is 0 Å². The zero-order valence-corrected chi connectivity index (χ0v) is 22.0. The molecule has 3 aromatic heterocycles. The van der Waals surface area contributed by atoms with Crippen molar-refractivity contribution >= 4 is 34.1 Å². The maximum Gasteiger partial charge on any atom is 0.355 e. The number of nitrogen functional groups attached to an aromatic ring is 1. The number of hydrogen-bond donors (Lipinski definition) is 2. The van der Waals surface area contributed by atoms with E-state index in [0.29, 0.717) is 43.1 Å². The Hall–Kier alpha value is -3.77. The van der Waals surface area contributed by atoms with Gasteiger partial charge in [-0.2, -0.15) is 4.98 Å². The summed E-state index contributed by atoms with van der Waals surface area (Å²) in [6.07, 6.45) is 1.60. The molecule has 0 amide bonds. The second-order valence-corrected chi connectivity index (χ2v) is 9.92. The van der Waals surface area contributed by atoms with Crippen molar-refractivity contribution in [2.45, 2.75) is 26.7 Å². The number of pyridine rings is 2. The number of piperazine rings is 1. The van der Waals surface area contributed by atoms with Crippen LogP contribution in [0.25, 0.3) is 28.0 Å². The molecular weight excluding hydrogens is 538 g/mol. The molecule has 0 spiro atoms. The van der Waals surface area contributed by atoms with Crippen molar-refractivity contribution < 1.29 is 17.6 Å². The van der Waals surface area contributed by atoms with Gasteiger partial charge in [-0.15, -0.1) is 0 Å². The highest BCUT2D eigenvalue weighted by atomic mass is 35.5. The third-order valence-corrected chi connectivity index (χ3v) is 7.01. The third kappa shape index (κ3) is 4.37. The molecule has 1 aromatic carbocycles. The molecule has 4 heterocycles. The van der Waals surface area contributed by atoms with Crippen LogP contribution in [0.2, 0.25) is 5.02 Å². The molecule has 1 saturated heterocycles. The molecule has 1 aliphatic rings. The lowest BCUT2D eigenvalue weighted by Gasteiger charge is -2.29. The molecule has 13 heteroatoms. The van der Waals surface area contributed by atoms with Crippen LogP contribution in [0.1, 0.15) is 31.0 Å². The fraction of sp³-hybridized carbons (Fsp3) is 0.308. The Labute approximate surface area is 225 Å². The number of halogens is 5. The van der Waals surface area contributed by atoms with E-state index in [4.69, 9.17) is 17.3 Å². The Morgan fingerprint density at radius 2 is 1.77 bits per heavy atom. The molecule has 0 bridgehead atoms. The summed E-state index contributed by atoms with van der Waals surface area (Å²) in [6, 6.07) is 2.73. The van der Waals surface area contributed by atoms with Crippen molar-refractivity contribution in [2.75, 3.05) is 36.8 Å². The predicted octanol–water partition coefficient (Wildman–Crippen LogP) is 4.48. The van der Waals surface area contributed by atoms with Gasteiger partial charge in [0.05, 0.1) is 28.0 Å². The Morgan fingerprint density at radius 1 is 1.08 bits per heavy atom. The summed E-state index contributed by atoms with van der Waals surface area (Å²) in [6.45, 7) is 7.72. The van der Waals surface area contributed by atoms with Crippen LogP contribution in [0, 0.1) is 30.2 Å². The van der Waals surface area contributed by atoms with Crippen molar-refractivity contribution in [3.05, 3.63) is 68.4 Å². The predicted molar refractivity (Wildman–Crippen MR) is 142 cm³/mol. The zero-order chi connectivity index (χ0) is 28.2. The number of aryl methyl sites for hydroxylation is 1. The van der Waals surface area contributed by atoms with Crippen LogP contribution in [0.15, 0.2) is 23.1 Å². The highest BCUT2D eigenvalue weighted by Gasteiger charge is 2.29. The summed E-state index contributed by atoms with van der Waals surface area (Å²) in [5.41, 5.74) is 3.85. The molecule has 5 rings (SSSR count). The summed E-state index contributed by atoms with van der Waals surface area (Å²) in [7, 11) is 0. The van der Waals surface area contributed by atoms with Crippen molar-refractivity contribution in [3.8, 4) is 16.9 Å². The summed E-state index contributed by atoms with van der Waals surface area (Å²) in [5.74, 6) is -5.86. The summed E-state index contributed by atoms with van der Waals surface area (Å²) < 4.78 is 60.6. The maximum absolute atomic E-state index is 15.7. The van der Waals surface area contributed by atoms with Gasteiger partial charge >= 0.3 is 5.69 Å². The number of nitrogens with one attached hydrogen (secondary N) is 1. The molecule has 0 saturated carbocycles. The first-order chi connectivity index (χ1) is 18.5. The van der Waals surface area contributed by atoms with Crippen molar-refractivity contribution in [2.24, 2.45) is 0 Å². The van der Waals surface area contributed by atoms with Crippen LogP contribution in [0.5, 0.6) is 0 Å². The Bertz CT molecular complexity index is 1660. The van der Waals surface area contributed by atoms with Crippen LogP contribution in [-0.4, -0.2) is 45.7 Å². The highest BCUT2D eigenvalue weighted by Crippen LogP contribution is 2.39. The molecule has 0 radical (unpaired) electrons. The summed E-state index contributed by atoms with van der Waals surface area (Å²) in [4.78, 5) is 28.5. The molecule has 4 aromatic rings. The third-order valence-electron chi connectivity index (χ3n) is 6.68. The molecule has 39 heavy (non-hydrogen) atoms. The fourth-order valence-corrected chi connectivity index (χ4v) is 4.94. The number of aromatic nitrogens is 4. The Balaban J connectivity index is 1.94. The average Bonchev–Trinajstić information content (AvgIpc) is 2.92. The molecule has 8 nitrogen and oxygen atoms in total. The normalized spacial score (nSPS) is 14.0. The van der Waals surface area contributed by atoms with Crippen LogP contribution in [0.4, 0.5) is 29.1 Å². The fourth-order valence-electron chi connectivity index (χ4n) is 4.77. The molecule has 3 N–H and O–H groups in total. The van der Waals surface area contributed by atoms with Gasteiger partial charge in [-0.25, -0.2) is 31.9 Å². The van der Waals surface area contributed by atoms with Gasteiger partial charge in [0.1, 0.15) is 16.5 Å². The van der Waals surface area contributed by atoms with E-state index in [9.17, 15) is 13.6 Å². The largest absolute Gasteiger partial charge is 0.396 e. The number of rotatable bonds is 4. The topological polar surface area (TPSA) is 102 Å². The van der Waals surface area contributed by atoms with Gasteiger partial charge in [-0.05, 0) is 30.5 Å². The molecule has 204 valence electrons. The van der Waals surface area contributed by atoms with Crippen LogP contribution >= 0.6 is 11.6 Å². The van der Waals surface area contributed by atoms with Gasteiger partial charge in [-0.1, -0.05) is 25.4 Å². The minimum absolute atomic E-state index is 0.0856. The quantitative estimate of drug-likeness (QED) is 0.164. The SMILES string of the molecule is Cc1ccnc(C(C)C)c1-n1c(=O)nc(N2CCNCC2)c2cc(F)c(-c3c(N)c(F)c(F)c(Cl)c3F)nc21. The minimum Gasteiger partial charge on any atom is -0.396 e. The number of benzene rings is 1. The van der Waals surface area contributed by atoms with Gasteiger partial charge in [0.2, 0.25) is 0 Å².